The molecule has 7 heteroatoms. The van der Waals surface area contributed by atoms with Gasteiger partial charge in [0.25, 0.3) is 0 Å². The lowest BCUT2D eigenvalue weighted by molar-refractivity contribution is -0.141. The molecule has 1 aromatic rings. The van der Waals surface area contributed by atoms with E-state index in [1.165, 1.54) is 11.8 Å². The maximum Gasteiger partial charge on any atom is 0.338 e. The molecule has 0 bridgehead atoms. The number of allylic oxidation sites excluding steroid dienone is 1. The van der Waals surface area contributed by atoms with Crippen LogP contribution in [-0.4, -0.2) is 33.8 Å². The molecular formula is C20H23BrN2O3S. The highest BCUT2D eigenvalue weighted by Crippen LogP contribution is 2.44. The van der Waals surface area contributed by atoms with E-state index in [9.17, 15) is 9.59 Å². The third-order valence-corrected chi connectivity index (χ3v) is 6.27. The summed E-state index contributed by atoms with van der Waals surface area (Å²) >= 11 is 4.96. The number of amidine groups is 1. The Bertz CT molecular complexity index is 834. The summed E-state index contributed by atoms with van der Waals surface area (Å²) in [5.74, 6) is -0.185. The Kier molecular flexibility index (Phi) is 6.11. The molecule has 27 heavy (non-hydrogen) atoms. The number of nitrogens with zero attached hydrogens (tertiary/aromatic N) is 2. The third kappa shape index (κ3) is 3.99. The van der Waals surface area contributed by atoms with Gasteiger partial charge in [0.1, 0.15) is 0 Å². The monoisotopic (exact) mass is 450 g/mol. The summed E-state index contributed by atoms with van der Waals surface area (Å²) in [7, 11) is 0. The largest absolute Gasteiger partial charge is 0.462 e. The standard InChI is InChI=1S/C20H23BrN2O3S/c1-5-15-18(24)23-17(13-7-6-8-14(21)9-13)16(12(4)22-20(23)27-15)19(25)26-10-11(2)3/h6-9,11,15,17H,5,10H2,1-4H3/t15-,17+/m0/s1. The number of hydrogen-bond acceptors (Lipinski definition) is 5. The van der Waals surface area contributed by atoms with Crippen LogP contribution in [0.25, 0.3) is 0 Å². The van der Waals surface area contributed by atoms with Crippen LogP contribution in [0, 0.1) is 5.92 Å². The maximum absolute atomic E-state index is 13.0. The number of carbonyl (C=O) groups is 2. The van der Waals surface area contributed by atoms with Crippen molar-refractivity contribution >= 4 is 44.7 Å². The second kappa shape index (κ2) is 8.19. The Hall–Kier alpha value is -1.60. The SMILES string of the molecule is CC[C@@H]1SC2=NC(C)=C(C(=O)OCC(C)C)[C@@H](c3cccc(Br)c3)N2C1=O. The average molecular weight is 451 g/mol. The summed E-state index contributed by atoms with van der Waals surface area (Å²) in [5.41, 5.74) is 1.90. The highest BCUT2D eigenvalue weighted by atomic mass is 79.9. The first-order chi connectivity index (χ1) is 12.8. The molecule has 2 aliphatic rings. The molecule has 2 heterocycles. The Morgan fingerprint density at radius 3 is 2.78 bits per heavy atom. The number of hydrogen-bond donors (Lipinski definition) is 0. The number of carbonyl (C=O) groups excluding carboxylic acids is 2. The summed E-state index contributed by atoms with van der Waals surface area (Å²) in [4.78, 5) is 32.2. The summed E-state index contributed by atoms with van der Waals surface area (Å²) in [6, 6.07) is 7.17. The van der Waals surface area contributed by atoms with Gasteiger partial charge in [-0.05, 0) is 37.0 Å². The quantitative estimate of drug-likeness (QED) is 0.610. The predicted molar refractivity (Wildman–Crippen MR) is 111 cm³/mol. The third-order valence-electron chi connectivity index (χ3n) is 4.45. The zero-order chi connectivity index (χ0) is 19.7. The minimum absolute atomic E-state index is 0.00659. The minimum Gasteiger partial charge on any atom is -0.462 e. The van der Waals surface area contributed by atoms with Crippen molar-refractivity contribution in [3.05, 3.63) is 45.6 Å². The molecule has 1 aromatic carbocycles. The predicted octanol–water partition coefficient (Wildman–Crippen LogP) is 4.69. The minimum atomic E-state index is -0.522. The van der Waals surface area contributed by atoms with Crippen LogP contribution in [0.15, 0.2) is 45.0 Å². The number of fused-ring (bicyclic) bond motifs is 1. The summed E-state index contributed by atoms with van der Waals surface area (Å²) in [5, 5.41) is 0.493. The van der Waals surface area contributed by atoms with E-state index in [1.807, 2.05) is 52.0 Å². The van der Waals surface area contributed by atoms with Crippen LogP contribution in [-0.2, 0) is 14.3 Å². The topological polar surface area (TPSA) is 59.0 Å². The molecular weight excluding hydrogens is 428 g/mol. The highest BCUT2D eigenvalue weighted by molar-refractivity contribution is 9.10. The van der Waals surface area contributed by atoms with Crippen molar-refractivity contribution in [1.29, 1.82) is 0 Å². The number of rotatable bonds is 5. The van der Waals surface area contributed by atoms with Crippen LogP contribution in [0.2, 0.25) is 0 Å². The van der Waals surface area contributed by atoms with Gasteiger partial charge in [0.15, 0.2) is 5.17 Å². The summed E-state index contributed by atoms with van der Waals surface area (Å²) < 4.78 is 6.40. The Balaban J connectivity index is 2.08. The van der Waals surface area contributed by atoms with Gasteiger partial charge in [-0.1, -0.05) is 60.6 Å². The first-order valence-electron chi connectivity index (χ1n) is 9.05. The molecule has 0 unspecified atom stereocenters. The Morgan fingerprint density at radius 2 is 2.15 bits per heavy atom. The molecule has 144 valence electrons. The van der Waals surface area contributed by atoms with Crippen molar-refractivity contribution < 1.29 is 14.3 Å². The molecule has 0 spiro atoms. The van der Waals surface area contributed by atoms with E-state index < -0.39 is 12.0 Å². The van der Waals surface area contributed by atoms with Gasteiger partial charge >= 0.3 is 5.97 Å². The summed E-state index contributed by atoms with van der Waals surface area (Å²) in [6.07, 6.45) is 0.719. The van der Waals surface area contributed by atoms with E-state index in [2.05, 4.69) is 20.9 Å². The van der Waals surface area contributed by atoms with Crippen LogP contribution in [0.1, 0.15) is 45.7 Å². The molecule has 0 radical (unpaired) electrons. The number of amides is 1. The lowest BCUT2D eigenvalue weighted by atomic mass is 9.94. The van der Waals surface area contributed by atoms with Crippen LogP contribution >= 0.6 is 27.7 Å². The normalized spacial score (nSPS) is 22.2. The molecule has 0 saturated carbocycles. The molecule has 2 aliphatic heterocycles. The van der Waals surface area contributed by atoms with E-state index in [4.69, 9.17) is 4.74 Å². The van der Waals surface area contributed by atoms with Crippen molar-refractivity contribution in [2.24, 2.45) is 10.9 Å². The van der Waals surface area contributed by atoms with Crippen LogP contribution in [0.4, 0.5) is 0 Å². The molecule has 3 rings (SSSR count). The van der Waals surface area contributed by atoms with Crippen molar-refractivity contribution in [1.82, 2.24) is 4.90 Å². The van der Waals surface area contributed by atoms with E-state index in [0.29, 0.717) is 23.0 Å². The van der Waals surface area contributed by atoms with Gasteiger partial charge in [0, 0.05) is 4.47 Å². The van der Waals surface area contributed by atoms with Crippen LogP contribution in [0.3, 0.4) is 0 Å². The second-order valence-electron chi connectivity index (χ2n) is 7.07. The van der Waals surface area contributed by atoms with Gasteiger partial charge < -0.3 is 4.74 Å². The Morgan fingerprint density at radius 1 is 1.41 bits per heavy atom. The van der Waals surface area contributed by atoms with Crippen molar-refractivity contribution in [3.8, 4) is 0 Å². The second-order valence-corrected chi connectivity index (χ2v) is 9.15. The molecule has 5 nitrogen and oxygen atoms in total. The lowest BCUT2D eigenvalue weighted by Crippen LogP contribution is -2.41. The number of halogens is 1. The fourth-order valence-corrected chi connectivity index (χ4v) is 4.71. The van der Waals surface area contributed by atoms with E-state index in [1.54, 1.807) is 4.90 Å². The fraction of sp³-hybridized carbons (Fsp3) is 0.450. The molecule has 2 atom stereocenters. The molecule has 0 aliphatic carbocycles. The number of benzene rings is 1. The molecule has 1 fully saturated rings. The average Bonchev–Trinajstić information content (AvgIpc) is 2.93. The zero-order valence-electron chi connectivity index (χ0n) is 15.9. The van der Waals surface area contributed by atoms with Gasteiger partial charge in [0.2, 0.25) is 5.91 Å². The number of ether oxygens (including phenoxy) is 1. The number of esters is 1. The van der Waals surface area contributed by atoms with Gasteiger partial charge in [-0.25, -0.2) is 9.79 Å². The number of aliphatic imine (C=N–C) groups is 1. The zero-order valence-corrected chi connectivity index (χ0v) is 18.3. The van der Waals surface area contributed by atoms with Crippen molar-refractivity contribution in [2.45, 2.75) is 45.4 Å². The van der Waals surface area contributed by atoms with Gasteiger partial charge in [0.05, 0.1) is 29.2 Å². The highest BCUT2D eigenvalue weighted by Gasteiger charge is 2.47. The molecule has 1 saturated heterocycles. The van der Waals surface area contributed by atoms with Crippen LogP contribution in [0.5, 0.6) is 0 Å². The molecule has 0 N–H and O–H groups in total. The van der Waals surface area contributed by atoms with Crippen LogP contribution < -0.4 is 0 Å². The first-order valence-corrected chi connectivity index (χ1v) is 10.7. The van der Waals surface area contributed by atoms with E-state index in [-0.39, 0.29) is 17.1 Å². The number of thioether (sulfide) groups is 1. The molecule has 1 amide bonds. The van der Waals surface area contributed by atoms with Gasteiger partial charge in [-0.3, -0.25) is 9.69 Å². The fourth-order valence-electron chi connectivity index (χ4n) is 3.16. The van der Waals surface area contributed by atoms with Crippen molar-refractivity contribution in [3.63, 3.8) is 0 Å². The first kappa shape index (κ1) is 20.1. The molecule has 0 aromatic heterocycles. The van der Waals surface area contributed by atoms with Gasteiger partial charge in [-0.2, -0.15) is 0 Å². The van der Waals surface area contributed by atoms with Crippen molar-refractivity contribution in [2.75, 3.05) is 6.61 Å². The smallest absolute Gasteiger partial charge is 0.338 e. The van der Waals surface area contributed by atoms with E-state index >= 15 is 0 Å². The van der Waals surface area contributed by atoms with Gasteiger partial charge in [-0.15, -0.1) is 0 Å². The maximum atomic E-state index is 13.0. The van der Waals surface area contributed by atoms with E-state index in [0.717, 1.165) is 16.5 Å². The Labute approximate surface area is 172 Å². The summed E-state index contributed by atoms with van der Waals surface area (Å²) in [6.45, 7) is 8.11. The lowest BCUT2D eigenvalue weighted by Gasteiger charge is -2.33.